The van der Waals surface area contributed by atoms with E-state index in [-0.39, 0.29) is 0 Å². The summed E-state index contributed by atoms with van der Waals surface area (Å²) >= 11 is 3.43. The van der Waals surface area contributed by atoms with Crippen molar-refractivity contribution in [2.75, 3.05) is 11.1 Å². The van der Waals surface area contributed by atoms with Crippen LogP contribution in [-0.4, -0.2) is 9.97 Å². The zero-order valence-electron chi connectivity index (χ0n) is 11.6. The number of aryl methyl sites for hydroxylation is 1. The van der Waals surface area contributed by atoms with Crippen LogP contribution in [0.3, 0.4) is 0 Å². The molecule has 0 aliphatic heterocycles. The number of aromatic nitrogens is 2. The number of para-hydroxylation sites is 1. The second-order valence-corrected chi connectivity index (χ2v) is 5.65. The van der Waals surface area contributed by atoms with Crippen LogP contribution in [0.1, 0.15) is 12.5 Å². The van der Waals surface area contributed by atoms with Gasteiger partial charge in [-0.3, -0.25) is 0 Å². The Hall–Kier alpha value is -2.14. The van der Waals surface area contributed by atoms with E-state index in [4.69, 9.17) is 5.73 Å². The highest BCUT2D eigenvalue weighted by atomic mass is 79.9. The van der Waals surface area contributed by atoms with Gasteiger partial charge < -0.3 is 11.1 Å². The van der Waals surface area contributed by atoms with Crippen molar-refractivity contribution in [3.05, 3.63) is 52.5 Å². The summed E-state index contributed by atoms with van der Waals surface area (Å²) in [6, 6.07) is 13.9. The number of fused-ring (bicyclic) bond motifs is 1. The molecule has 106 valence electrons. The third-order valence-electron chi connectivity index (χ3n) is 3.33. The van der Waals surface area contributed by atoms with Crippen LogP contribution in [0, 0.1) is 0 Å². The molecular formula is C16H15BrN4. The molecule has 0 atom stereocenters. The lowest BCUT2D eigenvalue weighted by Crippen LogP contribution is -2.03. The van der Waals surface area contributed by atoms with Crippen LogP contribution in [-0.2, 0) is 6.42 Å². The molecule has 0 amide bonds. The van der Waals surface area contributed by atoms with E-state index in [9.17, 15) is 0 Å². The van der Waals surface area contributed by atoms with Gasteiger partial charge in [-0.2, -0.15) is 4.98 Å². The van der Waals surface area contributed by atoms with E-state index in [2.05, 4.69) is 44.2 Å². The molecule has 5 heteroatoms. The first-order chi connectivity index (χ1) is 10.2. The van der Waals surface area contributed by atoms with E-state index < -0.39 is 0 Å². The first-order valence-corrected chi connectivity index (χ1v) is 7.54. The Morgan fingerprint density at radius 3 is 2.76 bits per heavy atom. The van der Waals surface area contributed by atoms with Crippen molar-refractivity contribution < 1.29 is 0 Å². The quantitative estimate of drug-likeness (QED) is 0.745. The summed E-state index contributed by atoms with van der Waals surface area (Å²) in [6.07, 6.45) is 0.944. The predicted octanol–water partition coefficient (Wildman–Crippen LogP) is 4.28. The van der Waals surface area contributed by atoms with E-state index in [1.54, 1.807) is 0 Å². The number of hydrogen-bond donors (Lipinski definition) is 2. The van der Waals surface area contributed by atoms with Crippen molar-refractivity contribution in [3.63, 3.8) is 0 Å². The summed E-state index contributed by atoms with van der Waals surface area (Å²) in [4.78, 5) is 8.87. The molecule has 0 aliphatic carbocycles. The lowest BCUT2D eigenvalue weighted by Gasteiger charge is -2.11. The molecule has 0 fully saturated rings. The second-order valence-electron chi connectivity index (χ2n) is 4.73. The van der Waals surface area contributed by atoms with Crippen LogP contribution in [0.25, 0.3) is 10.9 Å². The van der Waals surface area contributed by atoms with Gasteiger partial charge in [0, 0.05) is 15.5 Å². The molecule has 3 aromatic rings. The van der Waals surface area contributed by atoms with E-state index in [0.29, 0.717) is 11.8 Å². The molecule has 0 spiro atoms. The molecule has 3 N–H and O–H groups in total. The summed E-state index contributed by atoms with van der Waals surface area (Å²) in [5.74, 6) is 0.987. The second kappa shape index (κ2) is 5.69. The number of nitrogens with two attached hydrogens (primary N) is 1. The Labute approximate surface area is 131 Å². The average Bonchev–Trinajstić information content (AvgIpc) is 2.49. The van der Waals surface area contributed by atoms with Gasteiger partial charge in [-0.05, 0) is 36.2 Å². The number of halogens is 1. The zero-order valence-corrected chi connectivity index (χ0v) is 13.2. The minimum atomic E-state index is 0.470. The lowest BCUT2D eigenvalue weighted by atomic mass is 10.1. The molecule has 21 heavy (non-hydrogen) atoms. The van der Waals surface area contributed by atoms with Gasteiger partial charge in [0.05, 0.1) is 5.52 Å². The molecule has 0 bridgehead atoms. The maximum absolute atomic E-state index is 6.04. The van der Waals surface area contributed by atoms with Gasteiger partial charge in [0.15, 0.2) is 0 Å². The van der Waals surface area contributed by atoms with Crippen molar-refractivity contribution in [3.8, 4) is 0 Å². The molecule has 0 saturated carbocycles. The van der Waals surface area contributed by atoms with Crippen LogP contribution < -0.4 is 11.1 Å². The van der Waals surface area contributed by atoms with Gasteiger partial charge >= 0.3 is 0 Å². The van der Waals surface area contributed by atoms with Gasteiger partial charge in [0.25, 0.3) is 0 Å². The van der Waals surface area contributed by atoms with E-state index >= 15 is 0 Å². The van der Waals surface area contributed by atoms with E-state index in [0.717, 1.165) is 27.5 Å². The van der Waals surface area contributed by atoms with Crippen LogP contribution in [0.15, 0.2) is 46.9 Å². The highest BCUT2D eigenvalue weighted by molar-refractivity contribution is 9.10. The van der Waals surface area contributed by atoms with Crippen molar-refractivity contribution in [1.82, 2.24) is 9.97 Å². The molecule has 1 heterocycles. The minimum absolute atomic E-state index is 0.470. The molecule has 4 nitrogen and oxygen atoms in total. The average molecular weight is 343 g/mol. The number of nitrogen functional groups attached to an aromatic ring is 1. The largest absolute Gasteiger partial charge is 0.383 e. The number of hydrogen-bond acceptors (Lipinski definition) is 4. The summed E-state index contributed by atoms with van der Waals surface area (Å²) in [5, 5.41) is 4.10. The van der Waals surface area contributed by atoms with Crippen LogP contribution in [0.5, 0.6) is 0 Å². The maximum atomic E-state index is 6.04. The third kappa shape index (κ3) is 2.83. The predicted molar refractivity (Wildman–Crippen MR) is 90.8 cm³/mol. The topological polar surface area (TPSA) is 63.8 Å². The fourth-order valence-electron chi connectivity index (χ4n) is 2.25. The van der Waals surface area contributed by atoms with E-state index in [1.165, 1.54) is 5.56 Å². The molecule has 3 rings (SSSR count). The highest BCUT2D eigenvalue weighted by Gasteiger charge is 2.07. The Morgan fingerprint density at radius 1 is 1.14 bits per heavy atom. The third-order valence-corrected chi connectivity index (χ3v) is 3.83. The summed E-state index contributed by atoms with van der Waals surface area (Å²) in [5.41, 5.74) is 9.09. The van der Waals surface area contributed by atoms with Crippen molar-refractivity contribution in [2.24, 2.45) is 0 Å². The molecular weight excluding hydrogens is 328 g/mol. The van der Waals surface area contributed by atoms with Crippen LogP contribution in [0.2, 0.25) is 0 Å². The molecule has 0 radical (unpaired) electrons. The summed E-state index contributed by atoms with van der Waals surface area (Å²) < 4.78 is 0.960. The molecule has 0 saturated heterocycles. The number of benzene rings is 2. The van der Waals surface area contributed by atoms with Crippen molar-refractivity contribution in [1.29, 1.82) is 0 Å². The Morgan fingerprint density at radius 2 is 1.95 bits per heavy atom. The molecule has 2 aromatic carbocycles. The standard InChI is InChI=1S/C16H15BrN4/c1-2-10-5-3-4-6-13(10)19-16-20-14-8-7-11(17)9-12(14)15(18)21-16/h3-9H,2H2,1H3,(H3,18,19,20,21). The Bertz CT molecular complexity index is 801. The smallest absolute Gasteiger partial charge is 0.229 e. The molecule has 0 aliphatic rings. The highest BCUT2D eigenvalue weighted by Crippen LogP contribution is 2.25. The Balaban J connectivity index is 2.03. The SMILES string of the molecule is CCc1ccccc1Nc1nc(N)c2cc(Br)ccc2n1. The first kappa shape index (κ1) is 13.8. The zero-order chi connectivity index (χ0) is 14.8. The van der Waals surface area contributed by atoms with Gasteiger partial charge in [0.2, 0.25) is 5.95 Å². The normalized spacial score (nSPS) is 10.8. The number of nitrogens with one attached hydrogen (secondary N) is 1. The van der Waals surface area contributed by atoms with Gasteiger partial charge in [-0.25, -0.2) is 4.98 Å². The van der Waals surface area contributed by atoms with Crippen LogP contribution >= 0.6 is 15.9 Å². The minimum Gasteiger partial charge on any atom is -0.383 e. The van der Waals surface area contributed by atoms with Gasteiger partial charge in [-0.15, -0.1) is 0 Å². The fraction of sp³-hybridized carbons (Fsp3) is 0.125. The molecule has 0 unspecified atom stereocenters. The van der Waals surface area contributed by atoms with Crippen molar-refractivity contribution in [2.45, 2.75) is 13.3 Å². The molecule has 1 aromatic heterocycles. The lowest BCUT2D eigenvalue weighted by molar-refractivity contribution is 1.13. The maximum Gasteiger partial charge on any atom is 0.229 e. The first-order valence-electron chi connectivity index (χ1n) is 6.75. The number of nitrogens with zero attached hydrogens (tertiary/aromatic N) is 2. The number of anilines is 3. The Kier molecular flexibility index (Phi) is 3.75. The van der Waals surface area contributed by atoms with Crippen molar-refractivity contribution >= 4 is 44.3 Å². The fourth-order valence-corrected chi connectivity index (χ4v) is 2.61. The van der Waals surface area contributed by atoms with Gasteiger partial charge in [-0.1, -0.05) is 41.1 Å². The monoisotopic (exact) mass is 342 g/mol. The summed E-state index contributed by atoms with van der Waals surface area (Å²) in [6.45, 7) is 2.12. The van der Waals surface area contributed by atoms with Crippen LogP contribution in [0.4, 0.5) is 17.5 Å². The summed E-state index contributed by atoms with van der Waals surface area (Å²) in [7, 11) is 0. The van der Waals surface area contributed by atoms with Gasteiger partial charge in [0.1, 0.15) is 5.82 Å². The van der Waals surface area contributed by atoms with E-state index in [1.807, 2.05) is 36.4 Å². The number of rotatable bonds is 3.